The number of ether oxygens (including phenoxy) is 1. The highest BCUT2D eigenvalue weighted by atomic mass is 16.5. The highest BCUT2D eigenvalue weighted by Gasteiger charge is 2.60. The van der Waals surface area contributed by atoms with E-state index in [2.05, 4.69) is 13.8 Å². The zero-order valence-corrected chi connectivity index (χ0v) is 19.3. The van der Waals surface area contributed by atoms with E-state index in [0.29, 0.717) is 16.9 Å². The predicted octanol–water partition coefficient (Wildman–Crippen LogP) is 6.46. The Morgan fingerprint density at radius 2 is 1.65 bits per heavy atom. The van der Waals surface area contributed by atoms with Crippen molar-refractivity contribution in [1.82, 2.24) is 0 Å². The number of ketones is 1. The van der Waals surface area contributed by atoms with E-state index in [1.165, 1.54) is 57.8 Å². The van der Waals surface area contributed by atoms with Gasteiger partial charge in [0.25, 0.3) is 0 Å². The summed E-state index contributed by atoms with van der Waals surface area (Å²) in [7, 11) is 0. The van der Waals surface area contributed by atoms with E-state index in [1.807, 2.05) is 18.2 Å². The molecule has 1 aromatic carbocycles. The lowest BCUT2D eigenvalue weighted by molar-refractivity contribution is -0.137. The summed E-state index contributed by atoms with van der Waals surface area (Å²) < 4.78 is 5.43. The summed E-state index contributed by atoms with van der Waals surface area (Å²) in [6, 6.07) is 8.99. The Bertz CT molecular complexity index is 832. The molecule has 0 unspecified atom stereocenters. The highest BCUT2D eigenvalue weighted by Crippen LogP contribution is 2.67. The van der Waals surface area contributed by atoms with Crippen LogP contribution in [0.2, 0.25) is 0 Å². The van der Waals surface area contributed by atoms with Gasteiger partial charge in [0.2, 0.25) is 0 Å². The maximum absolute atomic E-state index is 13.2. The minimum absolute atomic E-state index is 0.0545. The first-order valence-corrected chi connectivity index (χ1v) is 12.7. The van der Waals surface area contributed by atoms with Crippen molar-refractivity contribution in [2.45, 2.75) is 78.1 Å². The van der Waals surface area contributed by atoms with Crippen molar-refractivity contribution in [2.24, 2.45) is 40.4 Å². The number of rotatable bonds is 4. The molecule has 4 aliphatic carbocycles. The lowest BCUT2D eigenvalue weighted by atomic mass is 9.45. The fourth-order valence-electron chi connectivity index (χ4n) is 8.72. The van der Waals surface area contributed by atoms with Crippen LogP contribution in [0.4, 0.5) is 0 Å². The minimum atomic E-state index is -0.388. The third-order valence-electron chi connectivity index (χ3n) is 10.3. The van der Waals surface area contributed by atoms with Crippen LogP contribution in [0.1, 0.15) is 88.4 Å². The molecule has 4 saturated carbocycles. The van der Waals surface area contributed by atoms with Crippen LogP contribution in [0.25, 0.3) is 0 Å². The van der Waals surface area contributed by atoms with Crippen molar-refractivity contribution in [3.05, 3.63) is 35.9 Å². The van der Waals surface area contributed by atoms with Crippen LogP contribution >= 0.6 is 0 Å². The topological polar surface area (TPSA) is 43.4 Å². The van der Waals surface area contributed by atoms with Crippen molar-refractivity contribution in [3.63, 3.8) is 0 Å². The van der Waals surface area contributed by atoms with Crippen LogP contribution in [0.15, 0.2) is 30.3 Å². The minimum Gasteiger partial charge on any atom is -0.454 e. The molecule has 5 rings (SSSR count). The van der Waals surface area contributed by atoms with Gasteiger partial charge in [-0.25, -0.2) is 4.79 Å². The molecule has 0 radical (unpaired) electrons. The summed E-state index contributed by atoms with van der Waals surface area (Å²) in [4.78, 5) is 25.5. The molecular weight excluding hydrogens is 384 g/mol. The third-order valence-corrected chi connectivity index (χ3v) is 10.3. The maximum Gasteiger partial charge on any atom is 0.338 e. The van der Waals surface area contributed by atoms with E-state index in [4.69, 9.17) is 4.74 Å². The van der Waals surface area contributed by atoms with Gasteiger partial charge in [-0.15, -0.1) is 0 Å². The Labute approximate surface area is 187 Å². The number of benzene rings is 1. The predicted molar refractivity (Wildman–Crippen MR) is 122 cm³/mol. The van der Waals surface area contributed by atoms with Crippen LogP contribution in [-0.4, -0.2) is 18.4 Å². The summed E-state index contributed by atoms with van der Waals surface area (Å²) in [5, 5.41) is 0. The number of carbonyl (C=O) groups excluding carboxylic acids is 2. The van der Waals surface area contributed by atoms with Gasteiger partial charge in [-0.1, -0.05) is 44.9 Å². The molecule has 0 heterocycles. The number of fused-ring (bicyclic) bond motifs is 5. The molecule has 0 spiro atoms. The van der Waals surface area contributed by atoms with Gasteiger partial charge in [-0.2, -0.15) is 0 Å². The molecule has 1 aromatic rings. The van der Waals surface area contributed by atoms with Gasteiger partial charge in [-0.05, 0) is 98.0 Å². The average Bonchev–Trinajstić information content (AvgIpc) is 3.14. The largest absolute Gasteiger partial charge is 0.454 e. The van der Waals surface area contributed by atoms with Crippen molar-refractivity contribution < 1.29 is 14.3 Å². The van der Waals surface area contributed by atoms with E-state index in [-0.39, 0.29) is 29.7 Å². The molecule has 31 heavy (non-hydrogen) atoms. The number of carbonyl (C=O) groups is 2. The molecule has 0 aromatic heterocycles. The number of hydrogen-bond acceptors (Lipinski definition) is 3. The lowest BCUT2D eigenvalue weighted by Gasteiger charge is -2.60. The average molecular weight is 423 g/mol. The van der Waals surface area contributed by atoms with E-state index in [0.717, 1.165) is 24.2 Å². The highest BCUT2D eigenvalue weighted by molar-refractivity contribution is 5.92. The van der Waals surface area contributed by atoms with Crippen molar-refractivity contribution in [2.75, 3.05) is 6.61 Å². The van der Waals surface area contributed by atoms with Gasteiger partial charge in [-0.3, -0.25) is 4.79 Å². The van der Waals surface area contributed by atoms with Crippen LogP contribution in [0.3, 0.4) is 0 Å². The van der Waals surface area contributed by atoms with Crippen LogP contribution in [0, 0.1) is 40.4 Å². The Morgan fingerprint density at radius 1 is 0.871 bits per heavy atom. The fourth-order valence-corrected chi connectivity index (χ4v) is 8.72. The lowest BCUT2D eigenvalue weighted by Crippen LogP contribution is -2.53. The summed E-state index contributed by atoms with van der Waals surface area (Å²) in [5.41, 5.74) is 1.15. The molecule has 0 amide bonds. The summed E-state index contributed by atoms with van der Waals surface area (Å²) in [6.07, 6.45) is 13.1. The van der Waals surface area contributed by atoms with Gasteiger partial charge >= 0.3 is 5.97 Å². The van der Waals surface area contributed by atoms with Crippen molar-refractivity contribution in [1.29, 1.82) is 0 Å². The van der Waals surface area contributed by atoms with E-state index < -0.39 is 0 Å². The molecule has 0 bridgehead atoms. The molecule has 7 atom stereocenters. The van der Waals surface area contributed by atoms with E-state index in [1.54, 1.807) is 12.1 Å². The first kappa shape index (κ1) is 21.2. The van der Waals surface area contributed by atoms with Crippen LogP contribution < -0.4 is 0 Å². The normalized spacial score (nSPS) is 41.5. The summed E-state index contributed by atoms with van der Waals surface area (Å²) in [5.74, 6) is 3.06. The number of esters is 1. The molecule has 4 aliphatic rings. The molecule has 0 N–H and O–H groups in total. The van der Waals surface area contributed by atoms with Gasteiger partial charge < -0.3 is 4.74 Å². The van der Waals surface area contributed by atoms with Crippen molar-refractivity contribution >= 4 is 11.8 Å². The first-order chi connectivity index (χ1) is 14.9. The second kappa shape index (κ2) is 8.05. The smallest absolute Gasteiger partial charge is 0.338 e. The molecule has 3 heteroatoms. The van der Waals surface area contributed by atoms with E-state index >= 15 is 0 Å². The third kappa shape index (κ3) is 3.47. The molecule has 168 valence electrons. The first-order valence-electron chi connectivity index (χ1n) is 12.7. The molecular formula is C28H38O3. The second-order valence-corrected chi connectivity index (χ2v) is 11.5. The van der Waals surface area contributed by atoms with Crippen LogP contribution in [0.5, 0.6) is 0 Å². The zero-order valence-electron chi connectivity index (χ0n) is 19.3. The van der Waals surface area contributed by atoms with Gasteiger partial charge in [0.15, 0.2) is 12.4 Å². The van der Waals surface area contributed by atoms with Gasteiger partial charge in [0.05, 0.1) is 5.56 Å². The van der Waals surface area contributed by atoms with E-state index in [9.17, 15) is 9.59 Å². The SMILES string of the molecule is C[C@]12CCCC[C@H]1CC[C@@H]1[C@@H]2CC[C@]2(C)[C@@H](C(=O)COC(=O)c3ccccc3)CC[C@@H]12. The zero-order chi connectivity index (χ0) is 21.6. The molecule has 4 fully saturated rings. The molecule has 0 aliphatic heterocycles. The maximum atomic E-state index is 13.2. The standard InChI is InChI=1S/C28H38O3/c1-27-16-7-6-10-20(27)11-12-21-22-13-14-24(28(22,2)17-15-23(21)27)25(29)18-31-26(30)19-8-4-3-5-9-19/h3-5,8-9,20-24H,6-7,10-18H2,1-2H3/t20-,21-,22-,23-,24+,27-,28-/m0/s1. The monoisotopic (exact) mass is 422 g/mol. The number of Topliss-reactive ketones (excluding diaryl/α,β-unsaturated/α-hetero) is 1. The van der Waals surface area contributed by atoms with Gasteiger partial charge in [0.1, 0.15) is 0 Å². The Kier molecular flexibility index (Phi) is 5.51. The summed E-state index contributed by atoms with van der Waals surface area (Å²) >= 11 is 0. The van der Waals surface area contributed by atoms with Crippen molar-refractivity contribution in [3.8, 4) is 0 Å². The summed E-state index contributed by atoms with van der Waals surface area (Å²) in [6.45, 7) is 4.92. The number of hydrogen-bond donors (Lipinski definition) is 0. The Hall–Kier alpha value is -1.64. The second-order valence-electron chi connectivity index (χ2n) is 11.5. The Morgan fingerprint density at radius 3 is 2.45 bits per heavy atom. The van der Waals surface area contributed by atoms with Crippen LogP contribution in [-0.2, 0) is 9.53 Å². The molecule has 3 nitrogen and oxygen atoms in total. The Balaban J connectivity index is 1.27. The van der Waals surface area contributed by atoms with Gasteiger partial charge in [0, 0.05) is 5.92 Å². The fraction of sp³-hybridized carbons (Fsp3) is 0.714. The molecule has 0 saturated heterocycles. The quantitative estimate of drug-likeness (QED) is 0.523.